The zero-order chi connectivity index (χ0) is 22.5. The molecule has 10 heteroatoms. The molecule has 9 rings (SSSR count). The average Bonchev–Trinajstić information content (AvgIpc) is 3.22. The Morgan fingerprint density at radius 2 is 1.70 bits per heavy atom. The van der Waals surface area contributed by atoms with Crippen molar-refractivity contribution < 1.29 is 9.84 Å². The average molecular weight is 445 g/mol. The topological polar surface area (TPSA) is 154 Å². The second kappa shape index (κ2) is 7.61. The van der Waals surface area contributed by atoms with Crippen LogP contribution in [0.3, 0.4) is 0 Å². The first kappa shape index (κ1) is 19.8. The van der Waals surface area contributed by atoms with Crippen LogP contribution in [0.25, 0.3) is 22.6 Å². The lowest BCUT2D eigenvalue weighted by Gasteiger charge is -2.32. The fourth-order valence-corrected chi connectivity index (χ4v) is 4.53. The summed E-state index contributed by atoms with van der Waals surface area (Å²) in [6.07, 6.45) is 1.66. The molecular formula is C23H23N7O3. The molecule has 33 heavy (non-hydrogen) atoms. The Kier molecular flexibility index (Phi) is 4.56. The number of hydrogen-bond donors (Lipinski definition) is 6. The Morgan fingerprint density at radius 3 is 2.42 bits per heavy atom. The SMILES string of the molecule is Nc1nc2nc(-c3cc4cc(c3O)Oc3ccc(cc3)C[C@H]3CN[C@H](CN3)C4)[nH]c2c(=O)[nH]1. The summed E-state index contributed by atoms with van der Waals surface area (Å²) in [5, 5.41) is 18.4. The number of aromatic nitrogens is 4. The second-order valence-corrected chi connectivity index (χ2v) is 8.59. The van der Waals surface area contributed by atoms with E-state index in [1.807, 2.05) is 36.4 Å². The van der Waals surface area contributed by atoms with Crippen LogP contribution in [-0.4, -0.2) is 50.2 Å². The number of benzene rings is 2. The van der Waals surface area contributed by atoms with Gasteiger partial charge in [0.1, 0.15) is 11.6 Å². The zero-order valence-corrected chi connectivity index (χ0v) is 17.7. The first-order valence-electron chi connectivity index (χ1n) is 10.9. The minimum absolute atomic E-state index is 0.0217. The van der Waals surface area contributed by atoms with Crippen molar-refractivity contribution in [1.29, 1.82) is 0 Å². The van der Waals surface area contributed by atoms with Crippen molar-refractivity contribution in [2.45, 2.75) is 24.9 Å². The lowest BCUT2D eigenvalue weighted by Crippen LogP contribution is -2.55. The third kappa shape index (κ3) is 3.69. The summed E-state index contributed by atoms with van der Waals surface area (Å²) < 4.78 is 6.08. The smallest absolute Gasteiger partial charge is 0.278 e. The van der Waals surface area contributed by atoms with Crippen molar-refractivity contribution in [3.63, 3.8) is 0 Å². The van der Waals surface area contributed by atoms with Crippen LogP contribution in [-0.2, 0) is 12.8 Å². The van der Waals surface area contributed by atoms with E-state index in [1.54, 1.807) is 0 Å². The highest BCUT2D eigenvalue weighted by Crippen LogP contribution is 2.40. The van der Waals surface area contributed by atoms with E-state index < -0.39 is 5.56 Å². The molecule has 6 bridgehead atoms. The number of nitrogen functional groups attached to an aromatic ring is 1. The largest absolute Gasteiger partial charge is 0.504 e. The van der Waals surface area contributed by atoms with E-state index in [-0.39, 0.29) is 28.9 Å². The lowest BCUT2D eigenvalue weighted by molar-refractivity contribution is 0.341. The Morgan fingerprint density at radius 1 is 0.970 bits per heavy atom. The number of rotatable bonds is 1. The van der Waals surface area contributed by atoms with E-state index in [0.717, 1.165) is 31.5 Å². The molecule has 0 aliphatic carbocycles. The molecule has 1 fully saturated rings. The van der Waals surface area contributed by atoms with E-state index in [4.69, 9.17) is 10.5 Å². The van der Waals surface area contributed by atoms with E-state index in [1.165, 1.54) is 5.56 Å². The molecule has 1 saturated heterocycles. The molecule has 168 valence electrons. The maximum absolute atomic E-state index is 12.2. The number of phenolic OH excluding ortho intramolecular Hbond substituents is 1. The molecule has 5 aliphatic heterocycles. The van der Waals surface area contributed by atoms with Crippen molar-refractivity contribution in [3.8, 4) is 28.6 Å². The van der Waals surface area contributed by atoms with Gasteiger partial charge < -0.3 is 31.2 Å². The Labute approximate surface area is 188 Å². The van der Waals surface area contributed by atoms with E-state index in [0.29, 0.717) is 28.9 Å². The summed E-state index contributed by atoms with van der Waals surface area (Å²) >= 11 is 0. The van der Waals surface area contributed by atoms with E-state index in [9.17, 15) is 9.90 Å². The highest BCUT2D eigenvalue weighted by molar-refractivity contribution is 5.79. The summed E-state index contributed by atoms with van der Waals surface area (Å²) in [6.45, 7) is 1.71. The summed E-state index contributed by atoms with van der Waals surface area (Å²) in [7, 11) is 0. The van der Waals surface area contributed by atoms with Gasteiger partial charge in [0.15, 0.2) is 22.7 Å². The molecule has 0 saturated carbocycles. The molecule has 0 unspecified atom stereocenters. The minimum Gasteiger partial charge on any atom is -0.504 e. The fraction of sp³-hybridized carbons (Fsp3) is 0.261. The number of nitrogens with zero attached hydrogens (tertiary/aromatic N) is 2. The first-order valence-corrected chi connectivity index (χ1v) is 10.9. The van der Waals surface area contributed by atoms with Crippen LogP contribution in [0.1, 0.15) is 11.1 Å². The van der Waals surface area contributed by atoms with Gasteiger partial charge in [0.05, 0.1) is 5.56 Å². The monoisotopic (exact) mass is 445 g/mol. The molecule has 7 N–H and O–H groups in total. The van der Waals surface area contributed by atoms with Gasteiger partial charge in [-0.05, 0) is 48.2 Å². The van der Waals surface area contributed by atoms with Crippen molar-refractivity contribution in [1.82, 2.24) is 30.6 Å². The molecule has 0 radical (unpaired) electrons. The number of H-pyrrole nitrogens is 2. The van der Waals surface area contributed by atoms with Crippen LogP contribution >= 0.6 is 0 Å². The highest BCUT2D eigenvalue weighted by Gasteiger charge is 2.24. The third-order valence-corrected chi connectivity index (χ3v) is 6.19. The quantitative estimate of drug-likeness (QED) is 0.257. The van der Waals surface area contributed by atoms with Gasteiger partial charge in [-0.2, -0.15) is 4.98 Å². The predicted octanol–water partition coefficient (Wildman–Crippen LogP) is 1.42. The zero-order valence-electron chi connectivity index (χ0n) is 17.7. The number of ether oxygens (including phenoxy) is 1. The third-order valence-electron chi connectivity index (χ3n) is 6.19. The van der Waals surface area contributed by atoms with Gasteiger partial charge in [0.2, 0.25) is 5.95 Å². The van der Waals surface area contributed by atoms with Gasteiger partial charge in [-0.15, -0.1) is 0 Å². The number of anilines is 1. The summed E-state index contributed by atoms with van der Waals surface area (Å²) in [4.78, 5) is 26.2. The Bertz CT molecular complexity index is 1400. The number of nitrogens with one attached hydrogen (secondary N) is 4. The number of aromatic amines is 2. The van der Waals surface area contributed by atoms with Crippen molar-refractivity contribution in [2.24, 2.45) is 0 Å². The Hall–Kier alpha value is -3.89. The van der Waals surface area contributed by atoms with Gasteiger partial charge in [0, 0.05) is 25.2 Å². The van der Waals surface area contributed by atoms with Crippen LogP contribution in [0.15, 0.2) is 41.2 Å². The lowest BCUT2D eigenvalue weighted by atomic mass is 9.97. The number of nitrogens with two attached hydrogens (primary N) is 1. The maximum Gasteiger partial charge on any atom is 0.278 e. The standard InChI is InChI=1S/C23H23N7O3/c24-23-29-21-18(22(32)30-23)27-20(28-21)16-7-12-6-14-10-25-13(9-26-14)5-11-1-3-15(4-2-11)33-17(8-12)19(16)31/h1-4,7-8,13-14,25-26,31H,5-6,9-10H2,(H4,24,27,28,29,30,32)/t13-,14-/m0/s1. The van der Waals surface area contributed by atoms with Crippen LogP contribution in [0.2, 0.25) is 0 Å². The summed E-state index contributed by atoms with van der Waals surface area (Å²) in [6, 6.07) is 12.2. The van der Waals surface area contributed by atoms with Crippen LogP contribution < -0.4 is 26.7 Å². The van der Waals surface area contributed by atoms with Gasteiger partial charge >= 0.3 is 0 Å². The van der Waals surface area contributed by atoms with Crippen LogP contribution in [0.4, 0.5) is 5.95 Å². The molecule has 2 atom stereocenters. The van der Waals surface area contributed by atoms with Crippen molar-refractivity contribution >= 4 is 17.1 Å². The normalized spacial score (nSPS) is 20.0. The highest BCUT2D eigenvalue weighted by atomic mass is 16.5. The van der Waals surface area contributed by atoms with Gasteiger partial charge in [-0.3, -0.25) is 9.78 Å². The molecule has 0 amide bonds. The molecular weight excluding hydrogens is 422 g/mol. The van der Waals surface area contributed by atoms with Crippen molar-refractivity contribution in [2.75, 3.05) is 18.8 Å². The predicted molar refractivity (Wildman–Crippen MR) is 124 cm³/mol. The van der Waals surface area contributed by atoms with Gasteiger partial charge in [0.25, 0.3) is 5.56 Å². The molecule has 0 spiro atoms. The molecule has 2 aromatic carbocycles. The van der Waals surface area contributed by atoms with Crippen LogP contribution in [0.5, 0.6) is 17.2 Å². The fourth-order valence-electron chi connectivity index (χ4n) is 4.53. The van der Waals surface area contributed by atoms with Crippen LogP contribution in [0, 0.1) is 0 Å². The molecule has 5 aliphatic rings. The van der Waals surface area contributed by atoms with Crippen molar-refractivity contribution in [3.05, 3.63) is 57.9 Å². The van der Waals surface area contributed by atoms with E-state index >= 15 is 0 Å². The molecule has 7 heterocycles. The molecule has 10 nitrogen and oxygen atoms in total. The molecule has 4 aromatic rings. The maximum atomic E-state index is 12.2. The number of piperazine rings is 1. The number of imidazole rings is 1. The number of fused-ring (bicyclic) bond motifs is 1. The number of aromatic hydroxyl groups is 1. The summed E-state index contributed by atoms with van der Waals surface area (Å²) in [5.74, 6) is 1.15. The molecule has 2 aromatic heterocycles. The summed E-state index contributed by atoms with van der Waals surface area (Å²) in [5.41, 5.74) is 8.20. The minimum atomic E-state index is -0.426. The second-order valence-electron chi connectivity index (χ2n) is 8.59. The van der Waals surface area contributed by atoms with Gasteiger partial charge in [-0.25, -0.2) is 4.98 Å². The van der Waals surface area contributed by atoms with E-state index in [2.05, 4.69) is 30.6 Å². The number of hydrogen-bond acceptors (Lipinski definition) is 8. The number of phenols is 1. The van der Waals surface area contributed by atoms with Gasteiger partial charge in [-0.1, -0.05) is 12.1 Å². The first-order chi connectivity index (χ1) is 16.0. The Balaban J connectivity index is 1.49.